The number of aliphatic hydroxyl groups is 1. The van der Waals surface area contributed by atoms with Gasteiger partial charge in [-0.05, 0) is 65.7 Å². The van der Waals surface area contributed by atoms with Crippen LogP contribution in [0.1, 0.15) is 93.1 Å². The van der Waals surface area contributed by atoms with Crippen molar-refractivity contribution >= 4 is 27.5 Å². The van der Waals surface area contributed by atoms with Crippen LogP contribution in [0.4, 0.5) is 5.69 Å². The van der Waals surface area contributed by atoms with Gasteiger partial charge in [-0.2, -0.15) is 0 Å². The van der Waals surface area contributed by atoms with E-state index in [9.17, 15) is 4.79 Å². The van der Waals surface area contributed by atoms with Crippen molar-refractivity contribution < 1.29 is 9.90 Å². The van der Waals surface area contributed by atoms with Crippen LogP contribution in [0, 0.1) is 0 Å². The number of nitrogens with two attached hydrogens (primary N) is 1. The first-order valence-electron chi connectivity index (χ1n) is 10.8. The van der Waals surface area contributed by atoms with Gasteiger partial charge in [0.25, 0.3) is 5.91 Å². The van der Waals surface area contributed by atoms with Crippen molar-refractivity contribution in [3.63, 3.8) is 0 Å². The van der Waals surface area contributed by atoms with Crippen LogP contribution < -0.4 is 16.4 Å². The van der Waals surface area contributed by atoms with Crippen molar-refractivity contribution in [1.29, 1.82) is 0 Å². The van der Waals surface area contributed by atoms with E-state index in [-0.39, 0.29) is 18.6 Å². The minimum Gasteiger partial charge on any atom is -0.398 e. The maximum absolute atomic E-state index is 12.6. The largest absolute Gasteiger partial charge is 0.398 e. The van der Waals surface area contributed by atoms with Crippen LogP contribution in [0.15, 0.2) is 16.6 Å². The highest BCUT2D eigenvalue weighted by Gasteiger charge is 2.22. The molecule has 0 saturated heterocycles. The van der Waals surface area contributed by atoms with Gasteiger partial charge >= 0.3 is 0 Å². The van der Waals surface area contributed by atoms with Crippen molar-refractivity contribution in [3.8, 4) is 0 Å². The molecular weight excluding hydrogens is 418 g/mol. The van der Waals surface area contributed by atoms with Crippen LogP contribution in [-0.2, 0) is 0 Å². The number of rotatable bonds is 11. The second-order valence-electron chi connectivity index (χ2n) is 7.82. The molecule has 1 aliphatic rings. The van der Waals surface area contributed by atoms with E-state index in [1.165, 1.54) is 32.1 Å². The second kappa shape index (κ2) is 12.5. The van der Waals surface area contributed by atoms with Crippen LogP contribution in [0.2, 0.25) is 0 Å². The monoisotopic (exact) mass is 453 g/mol. The van der Waals surface area contributed by atoms with Crippen molar-refractivity contribution in [2.24, 2.45) is 0 Å². The third-order valence-corrected chi connectivity index (χ3v) is 6.28. The molecule has 0 radical (unpaired) electrons. The van der Waals surface area contributed by atoms with Gasteiger partial charge in [-0.1, -0.05) is 39.0 Å². The molecule has 6 heteroatoms. The summed E-state index contributed by atoms with van der Waals surface area (Å²) < 4.78 is 0.780. The summed E-state index contributed by atoms with van der Waals surface area (Å²) in [6.45, 7) is 3.05. The Morgan fingerprint density at radius 2 is 1.93 bits per heavy atom. The number of carbonyl (C=O) groups is 1. The fourth-order valence-corrected chi connectivity index (χ4v) is 4.41. The normalized spacial score (nSPS) is 16.1. The fourth-order valence-electron chi connectivity index (χ4n) is 3.93. The fraction of sp³-hybridized carbons (Fsp3) is 0.682. The summed E-state index contributed by atoms with van der Waals surface area (Å²) in [5.74, 6) is -0.0587. The van der Waals surface area contributed by atoms with Gasteiger partial charge in [0.05, 0.1) is 5.69 Å². The van der Waals surface area contributed by atoms with Crippen molar-refractivity contribution in [1.82, 2.24) is 10.6 Å². The standard InChI is InChI=1S/C22H36BrN3O2/c1-2-20(26-17-10-6-5-7-11-17)18-14-16(15-19(23)21(18)24)22(28)25-12-8-3-4-9-13-27/h14-15,17,20,26-27H,2-13,24H2,1H3,(H,25,28). The smallest absolute Gasteiger partial charge is 0.251 e. The molecule has 0 aromatic heterocycles. The topological polar surface area (TPSA) is 87.4 Å². The Morgan fingerprint density at radius 1 is 1.21 bits per heavy atom. The SMILES string of the molecule is CCC(NC1CCCCC1)c1cc(C(=O)NCCCCCCO)cc(Br)c1N. The zero-order valence-electron chi connectivity index (χ0n) is 17.1. The lowest BCUT2D eigenvalue weighted by Gasteiger charge is -2.29. The third kappa shape index (κ3) is 7.05. The Bertz CT molecular complexity index is 618. The number of hydrogen-bond donors (Lipinski definition) is 4. The average molecular weight is 454 g/mol. The number of anilines is 1. The minimum absolute atomic E-state index is 0.0587. The Hall–Kier alpha value is -1.11. The predicted octanol–water partition coefficient (Wildman–Crippen LogP) is 4.69. The molecule has 0 spiro atoms. The van der Waals surface area contributed by atoms with Gasteiger partial charge in [-0.15, -0.1) is 0 Å². The lowest BCUT2D eigenvalue weighted by atomic mass is 9.92. The zero-order valence-corrected chi connectivity index (χ0v) is 18.7. The first-order valence-corrected chi connectivity index (χ1v) is 11.6. The Balaban J connectivity index is 2.01. The number of hydrogen-bond acceptors (Lipinski definition) is 4. The molecule has 0 aliphatic heterocycles. The molecule has 1 aromatic carbocycles. The molecule has 28 heavy (non-hydrogen) atoms. The number of aliphatic hydroxyl groups excluding tert-OH is 1. The van der Waals surface area contributed by atoms with E-state index < -0.39 is 0 Å². The van der Waals surface area contributed by atoms with Crippen LogP contribution in [0.25, 0.3) is 0 Å². The molecule has 0 bridgehead atoms. The van der Waals surface area contributed by atoms with Gasteiger partial charge in [-0.3, -0.25) is 4.79 Å². The summed E-state index contributed by atoms with van der Waals surface area (Å²) in [4.78, 5) is 12.6. The number of benzene rings is 1. The summed E-state index contributed by atoms with van der Waals surface area (Å²) in [6.07, 6.45) is 11.0. The van der Waals surface area contributed by atoms with E-state index >= 15 is 0 Å². The predicted molar refractivity (Wildman–Crippen MR) is 119 cm³/mol. The Labute approximate surface area is 178 Å². The summed E-state index contributed by atoms with van der Waals surface area (Å²) >= 11 is 3.54. The molecule has 2 rings (SSSR count). The molecule has 1 amide bonds. The number of amides is 1. The van der Waals surface area contributed by atoms with Crippen molar-refractivity contribution in [2.75, 3.05) is 18.9 Å². The zero-order chi connectivity index (χ0) is 20.4. The number of halogens is 1. The van der Waals surface area contributed by atoms with Crippen molar-refractivity contribution in [2.45, 2.75) is 83.2 Å². The summed E-state index contributed by atoms with van der Waals surface area (Å²) in [6, 6.07) is 4.46. The number of carbonyl (C=O) groups excluding carboxylic acids is 1. The van der Waals surface area contributed by atoms with Crippen LogP contribution in [0.5, 0.6) is 0 Å². The highest BCUT2D eigenvalue weighted by molar-refractivity contribution is 9.10. The lowest BCUT2D eigenvalue weighted by molar-refractivity contribution is 0.0952. The van der Waals surface area contributed by atoms with E-state index in [0.29, 0.717) is 18.2 Å². The molecule has 0 heterocycles. The van der Waals surface area contributed by atoms with Gasteiger partial charge in [-0.25, -0.2) is 0 Å². The highest BCUT2D eigenvalue weighted by Crippen LogP contribution is 2.32. The quantitative estimate of drug-likeness (QED) is 0.289. The molecule has 1 aromatic rings. The van der Waals surface area contributed by atoms with Gasteiger partial charge in [0.1, 0.15) is 0 Å². The maximum Gasteiger partial charge on any atom is 0.251 e. The summed E-state index contributed by atoms with van der Waals surface area (Å²) in [5.41, 5.74) is 8.74. The van der Waals surface area contributed by atoms with E-state index in [1.807, 2.05) is 12.1 Å². The van der Waals surface area contributed by atoms with Gasteiger partial charge in [0.2, 0.25) is 0 Å². The molecule has 158 valence electrons. The second-order valence-corrected chi connectivity index (χ2v) is 8.67. The molecule has 1 atom stereocenters. The van der Waals surface area contributed by atoms with Crippen LogP contribution in [0.3, 0.4) is 0 Å². The van der Waals surface area contributed by atoms with Crippen LogP contribution >= 0.6 is 15.9 Å². The first-order chi connectivity index (χ1) is 13.6. The Kier molecular flexibility index (Phi) is 10.3. The summed E-state index contributed by atoms with van der Waals surface area (Å²) in [5, 5.41) is 15.6. The lowest BCUT2D eigenvalue weighted by Crippen LogP contribution is -2.34. The highest BCUT2D eigenvalue weighted by atomic mass is 79.9. The van der Waals surface area contributed by atoms with Gasteiger partial charge in [0.15, 0.2) is 0 Å². The van der Waals surface area contributed by atoms with Crippen LogP contribution in [-0.4, -0.2) is 30.2 Å². The van der Waals surface area contributed by atoms with Gasteiger partial charge in [0, 0.05) is 35.3 Å². The minimum atomic E-state index is -0.0587. The molecule has 1 saturated carbocycles. The third-order valence-electron chi connectivity index (χ3n) is 5.62. The molecule has 5 N–H and O–H groups in total. The average Bonchev–Trinajstić information content (AvgIpc) is 2.71. The number of nitrogen functional groups attached to an aromatic ring is 1. The summed E-state index contributed by atoms with van der Waals surface area (Å²) in [7, 11) is 0. The molecule has 1 aliphatic carbocycles. The molecule has 5 nitrogen and oxygen atoms in total. The number of unbranched alkanes of at least 4 members (excludes halogenated alkanes) is 3. The molecular formula is C22H36BrN3O2. The van der Waals surface area contributed by atoms with Crippen molar-refractivity contribution in [3.05, 3.63) is 27.7 Å². The first kappa shape index (κ1) is 23.2. The molecule has 1 fully saturated rings. The van der Waals surface area contributed by atoms with Gasteiger partial charge < -0.3 is 21.5 Å². The molecule has 1 unspecified atom stereocenters. The maximum atomic E-state index is 12.6. The number of nitrogens with one attached hydrogen (secondary N) is 2. The van der Waals surface area contributed by atoms with E-state index in [2.05, 4.69) is 33.5 Å². The van der Waals surface area contributed by atoms with E-state index in [4.69, 9.17) is 10.8 Å². The Morgan fingerprint density at radius 3 is 2.61 bits per heavy atom. The van der Waals surface area contributed by atoms with E-state index in [0.717, 1.165) is 47.8 Å². The van der Waals surface area contributed by atoms with E-state index in [1.54, 1.807) is 0 Å².